The van der Waals surface area contributed by atoms with Crippen molar-refractivity contribution >= 4 is 17.5 Å². The van der Waals surface area contributed by atoms with Crippen molar-refractivity contribution in [3.8, 4) is 0 Å². The fraction of sp³-hybridized carbons (Fsp3) is 0.900. The predicted molar refractivity (Wildman–Crippen MR) is 54.3 cm³/mol. The molecule has 4 heteroatoms. The van der Waals surface area contributed by atoms with Gasteiger partial charge in [0.15, 0.2) is 0 Å². The third-order valence-electron chi connectivity index (χ3n) is 3.27. The Morgan fingerprint density at radius 1 is 1.50 bits per heavy atom. The predicted octanol–water partition coefficient (Wildman–Crippen LogP) is 1.11. The van der Waals surface area contributed by atoms with E-state index in [9.17, 15) is 4.79 Å². The Labute approximate surface area is 89.4 Å². The maximum absolute atomic E-state index is 11.4. The van der Waals surface area contributed by atoms with E-state index in [0.29, 0.717) is 17.9 Å². The lowest BCUT2D eigenvalue weighted by molar-refractivity contribution is -0.158. The average Bonchev–Trinajstić information content (AvgIpc) is 2.24. The zero-order valence-corrected chi connectivity index (χ0v) is 9.17. The van der Waals surface area contributed by atoms with Gasteiger partial charge in [0.2, 0.25) is 5.91 Å². The molecule has 0 radical (unpaired) electrons. The first-order valence-corrected chi connectivity index (χ1v) is 5.75. The Morgan fingerprint density at radius 3 is 2.64 bits per heavy atom. The molecule has 14 heavy (non-hydrogen) atoms. The molecule has 2 heterocycles. The highest BCUT2D eigenvalue weighted by Crippen LogP contribution is 2.42. The van der Waals surface area contributed by atoms with Gasteiger partial charge in [0.25, 0.3) is 0 Å². The van der Waals surface area contributed by atoms with Gasteiger partial charge in [0.1, 0.15) is 5.88 Å². The molecule has 2 aliphatic heterocycles. The van der Waals surface area contributed by atoms with Crippen LogP contribution in [0.25, 0.3) is 0 Å². The van der Waals surface area contributed by atoms with Gasteiger partial charge in [0, 0.05) is 31.5 Å². The second-order valence-corrected chi connectivity index (χ2v) is 4.38. The number of rotatable bonds is 3. The number of halogens is 1. The molecule has 0 spiro atoms. The van der Waals surface area contributed by atoms with E-state index >= 15 is 0 Å². The first kappa shape index (κ1) is 10.2. The molecule has 2 saturated heterocycles. The van der Waals surface area contributed by atoms with Crippen LogP contribution in [0.2, 0.25) is 0 Å². The average molecular weight is 218 g/mol. The van der Waals surface area contributed by atoms with Crippen LogP contribution in [-0.4, -0.2) is 42.5 Å². The van der Waals surface area contributed by atoms with Gasteiger partial charge in [-0.15, -0.1) is 11.6 Å². The lowest BCUT2D eigenvalue weighted by Crippen LogP contribution is -2.60. The number of hydrogen-bond donors (Lipinski definition) is 0. The number of piperidine rings is 2. The summed E-state index contributed by atoms with van der Waals surface area (Å²) in [5.41, 5.74) is 0. The van der Waals surface area contributed by atoms with E-state index in [1.165, 1.54) is 6.42 Å². The number of alkyl halides is 1. The van der Waals surface area contributed by atoms with E-state index < -0.39 is 0 Å². The van der Waals surface area contributed by atoms with Crippen molar-refractivity contribution in [2.45, 2.75) is 19.4 Å². The molecule has 1 saturated carbocycles. The number of hydrogen-bond acceptors (Lipinski definition) is 2. The minimum Gasteiger partial charge on any atom is -0.378 e. The van der Waals surface area contributed by atoms with Crippen molar-refractivity contribution in [3.63, 3.8) is 0 Å². The number of carbonyl (C=O) groups is 1. The number of carbonyl (C=O) groups excluding carboxylic acids is 1. The van der Waals surface area contributed by atoms with Crippen molar-refractivity contribution < 1.29 is 9.53 Å². The highest BCUT2D eigenvalue weighted by Gasteiger charge is 2.48. The summed E-state index contributed by atoms with van der Waals surface area (Å²) in [6.45, 7) is 4.48. The molecular formula is C10H16ClNO2. The highest BCUT2D eigenvalue weighted by molar-refractivity contribution is 6.27. The molecule has 2 bridgehead atoms. The van der Waals surface area contributed by atoms with Crippen LogP contribution >= 0.6 is 11.6 Å². The molecule has 3 rings (SSSR count). The summed E-state index contributed by atoms with van der Waals surface area (Å²) in [5.74, 6) is 1.29. The SMILES string of the molecule is CCOC1C2CC1CN(C(=O)CCl)C2. The van der Waals surface area contributed by atoms with Gasteiger partial charge < -0.3 is 9.64 Å². The molecule has 3 fully saturated rings. The number of ether oxygens (including phenoxy) is 1. The molecule has 0 aromatic rings. The van der Waals surface area contributed by atoms with E-state index in [0.717, 1.165) is 19.7 Å². The van der Waals surface area contributed by atoms with Crippen LogP contribution in [0.3, 0.4) is 0 Å². The normalized spacial score (nSPS) is 35.3. The molecule has 0 aromatic heterocycles. The van der Waals surface area contributed by atoms with E-state index in [1.807, 2.05) is 11.8 Å². The summed E-state index contributed by atoms with van der Waals surface area (Å²) in [6, 6.07) is 0. The minimum atomic E-state index is 0.0660. The van der Waals surface area contributed by atoms with Crippen LogP contribution in [0.15, 0.2) is 0 Å². The summed E-state index contributed by atoms with van der Waals surface area (Å²) >= 11 is 5.52. The summed E-state index contributed by atoms with van der Waals surface area (Å²) in [6.07, 6.45) is 1.62. The maximum Gasteiger partial charge on any atom is 0.237 e. The van der Waals surface area contributed by atoms with Crippen LogP contribution in [0.4, 0.5) is 0 Å². The lowest BCUT2D eigenvalue weighted by Gasteiger charge is -2.52. The zero-order valence-electron chi connectivity index (χ0n) is 8.41. The summed E-state index contributed by atoms with van der Waals surface area (Å²) in [5, 5.41) is 0. The molecule has 1 amide bonds. The monoisotopic (exact) mass is 217 g/mol. The quantitative estimate of drug-likeness (QED) is 0.663. The Balaban J connectivity index is 1.88. The Kier molecular flexibility index (Phi) is 2.98. The second kappa shape index (κ2) is 4.07. The van der Waals surface area contributed by atoms with Crippen LogP contribution in [-0.2, 0) is 9.53 Å². The lowest BCUT2D eigenvalue weighted by atomic mass is 9.68. The minimum absolute atomic E-state index is 0.0660. The molecule has 0 N–H and O–H groups in total. The van der Waals surface area contributed by atoms with Crippen LogP contribution < -0.4 is 0 Å². The highest BCUT2D eigenvalue weighted by atomic mass is 35.5. The van der Waals surface area contributed by atoms with Crippen molar-refractivity contribution in [1.82, 2.24) is 4.90 Å². The standard InChI is InChI=1S/C10H16ClNO2/c1-2-14-10-7-3-8(10)6-12(5-7)9(13)4-11/h7-8,10H,2-6H2,1H3. The van der Waals surface area contributed by atoms with Gasteiger partial charge in [-0.2, -0.15) is 0 Å². The van der Waals surface area contributed by atoms with Crippen molar-refractivity contribution in [2.75, 3.05) is 25.6 Å². The van der Waals surface area contributed by atoms with Gasteiger partial charge in [0.05, 0.1) is 6.10 Å². The van der Waals surface area contributed by atoms with Gasteiger partial charge in [-0.05, 0) is 13.3 Å². The third-order valence-corrected chi connectivity index (χ3v) is 3.50. The molecular weight excluding hydrogens is 202 g/mol. The van der Waals surface area contributed by atoms with E-state index in [1.54, 1.807) is 0 Å². The third kappa shape index (κ3) is 1.63. The molecule has 80 valence electrons. The first-order valence-electron chi connectivity index (χ1n) is 5.21. The smallest absolute Gasteiger partial charge is 0.237 e. The van der Waals surface area contributed by atoms with Crippen molar-refractivity contribution in [2.24, 2.45) is 11.8 Å². The van der Waals surface area contributed by atoms with Crippen LogP contribution in [0.5, 0.6) is 0 Å². The fourth-order valence-electron chi connectivity index (χ4n) is 2.60. The topological polar surface area (TPSA) is 29.5 Å². The van der Waals surface area contributed by atoms with Crippen LogP contribution in [0, 0.1) is 11.8 Å². The van der Waals surface area contributed by atoms with E-state index in [4.69, 9.17) is 16.3 Å². The largest absolute Gasteiger partial charge is 0.378 e. The van der Waals surface area contributed by atoms with Crippen molar-refractivity contribution in [3.05, 3.63) is 0 Å². The number of fused-ring (bicyclic) bond motifs is 2. The van der Waals surface area contributed by atoms with Gasteiger partial charge in [-0.25, -0.2) is 0 Å². The summed E-state index contributed by atoms with van der Waals surface area (Å²) in [4.78, 5) is 13.2. The van der Waals surface area contributed by atoms with E-state index in [-0.39, 0.29) is 11.8 Å². The molecule has 3 aliphatic rings. The van der Waals surface area contributed by atoms with E-state index in [2.05, 4.69) is 0 Å². The molecule has 0 aromatic carbocycles. The number of nitrogens with zero attached hydrogens (tertiary/aromatic N) is 1. The van der Waals surface area contributed by atoms with Gasteiger partial charge >= 0.3 is 0 Å². The Bertz CT molecular complexity index is 222. The number of amides is 1. The first-order chi connectivity index (χ1) is 6.76. The zero-order chi connectivity index (χ0) is 10.1. The molecule has 2 unspecified atom stereocenters. The molecule has 3 nitrogen and oxygen atoms in total. The summed E-state index contributed by atoms with van der Waals surface area (Å²) in [7, 11) is 0. The van der Waals surface area contributed by atoms with Gasteiger partial charge in [-0.3, -0.25) is 4.79 Å². The summed E-state index contributed by atoms with van der Waals surface area (Å²) < 4.78 is 5.64. The maximum atomic E-state index is 11.4. The Morgan fingerprint density at radius 2 is 2.14 bits per heavy atom. The Hall–Kier alpha value is -0.280. The molecule has 2 atom stereocenters. The van der Waals surface area contributed by atoms with Gasteiger partial charge in [-0.1, -0.05) is 0 Å². The van der Waals surface area contributed by atoms with Crippen molar-refractivity contribution in [1.29, 1.82) is 0 Å². The van der Waals surface area contributed by atoms with Crippen LogP contribution in [0.1, 0.15) is 13.3 Å². The molecule has 1 aliphatic carbocycles. The fourth-order valence-corrected chi connectivity index (χ4v) is 2.77. The second-order valence-electron chi connectivity index (χ2n) is 4.11.